The number of hydrogen-bond acceptors (Lipinski definition) is 5. The number of thioether (sulfide) groups is 1. The van der Waals surface area contributed by atoms with E-state index >= 15 is 0 Å². The molecule has 0 bridgehead atoms. The van der Waals surface area contributed by atoms with Crippen LogP contribution in [0.2, 0.25) is 0 Å². The number of sulfonamides is 1. The average Bonchev–Trinajstić information content (AvgIpc) is 3.08. The van der Waals surface area contributed by atoms with Gasteiger partial charge in [0.05, 0.1) is 16.0 Å². The monoisotopic (exact) mass is 377 g/mol. The fourth-order valence-corrected chi connectivity index (χ4v) is 6.31. The Morgan fingerprint density at radius 3 is 2.40 bits per heavy atom. The summed E-state index contributed by atoms with van der Waals surface area (Å²) in [6.07, 6.45) is 0.459. The van der Waals surface area contributed by atoms with E-state index in [1.807, 2.05) is 6.07 Å². The van der Waals surface area contributed by atoms with Crippen molar-refractivity contribution in [2.24, 2.45) is 0 Å². The zero-order valence-corrected chi connectivity index (χ0v) is 14.6. The molecule has 3 rings (SSSR count). The van der Waals surface area contributed by atoms with E-state index in [0.717, 1.165) is 9.87 Å². The lowest BCUT2D eigenvalue weighted by Gasteiger charge is -2.23. The molecule has 0 spiro atoms. The summed E-state index contributed by atoms with van der Waals surface area (Å²) in [6.45, 7) is 0. The third-order valence-electron chi connectivity index (χ3n) is 3.99. The number of nitrogens with zero attached hydrogens (tertiary/aromatic N) is 1. The molecule has 1 fully saturated rings. The molecule has 0 amide bonds. The molecule has 1 N–H and O–H groups in total. The molecule has 1 heterocycles. The number of rotatable bonds is 5. The molecule has 2 aromatic carbocycles. The van der Waals surface area contributed by atoms with Crippen molar-refractivity contribution in [1.82, 2.24) is 4.31 Å². The average molecular weight is 377 g/mol. The molecule has 130 valence electrons. The van der Waals surface area contributed by atoms with Gasteiger partial charge in [-0.25, -0.2) is 8.42 Å². The second-order valence-electron chi connectivity index (χ2n) is 5.46. The first-order chi connectivity index (χ1) is 12.0. The maximum Gasteiger partial charge on any atom is 0.323 e. The van der Waals surface area contributed by atoms with Gasteiger partial charge in [0.2, 0.25) is 10.0 Å². The van der Waals surface area contributed by atoms with Crippen molar-refractivity contribution in [3.63, 3.8) is 0 Å². The van der Waals surface area contributed by atoms with Crippen LogP contribution in [0, 0.1) is 0 Å². The molecule has 0 aliphatic carbocycles. The van der Waals surface area contributed by atoms with Gasteiger partial charge in [0.1, 0.15) is 6.04 Å². The third kappa shape index (κ3) is 3.20. The van der Waals surface area contributed by atoms with Gasteiger partial charge in [-0.3, -0.25) is 9.59 Å². The number of carbonyl (C=O) groups excluding carboxylic acids is 1. The molecule has 8 heteroatoms. The molecule has 2 aromatic rings. The molecular formula is C17H15NO5S2. The maximum atomic E-state index is 13.0. The Bertz CT molecular complexity index is 898. The smallest absolute Gasteiger partial charge is 0.323 e. The molecule has 1 aliphatic heterocycles. The Morgan fingerprint density at radius 1 is 1.12 bits per heavy atom. The summed E-state index contributed by atoms with van der Waals surface area (Å²) >= 11 is 1.25. The number of aldehydes is 1. The molecule has 0 aromatic heterocycles. The van der Waals surface area contributed by atoms with Crippen LogP contribution in [0.3, 0.4) is 0 Å². The molecule has 0 radical (unpaired) electrons. The molecule has 6 nitrogen and oxygen atoms in total. The van der Waals surface area contributed by atoms with Gasteiger partial charge >= 0.3 is 5.97 Å². The van der Waals surface area contributed by atoms with Crippen LogP contribution in [-0.4, -0.2) is 42.0 Å². The van der Waals surface area contributed by atoms with Gasteiger partial charge in [0.25, 0.3) is 0 Å². The maximum absolute atomic E-state index is 13.0. The Kier molecular flexibility index (Phi) is 4.94. The first kappa shape index (κ1) is 17.7. The summed E-state index contributed by atoms with van der Waals surface area (Å²) in [7, 11) is -4.12. The van der Waals surface area contributed by atoms with Crippen LogP contribution in [0.1, 0.15) is 21.2 Å². The van der Waals surface area contributed by atoms with E-state index in [2.05, 4.69) is 0 Å². The van der Waals surface area contributed by atoms with Crippen molar-refractivity contribution in [2.45, 2.75) is 16.2 Å². The molecule has 1 aliphatic rings. The number of carboxylic acid groups (broad SMARTS) is 1. The SMILES string of the molecule is O=Cc1ccccc1S(=O)(=O)N1CSC(c2ccccc2)C1C(=O)O. The zero-order valence-electron chi connectivity index (χ0n) is 13.0. The second kappa shape index (κ2) is 6.99. The highest BCUT2D eigenvalue weighted by molar-refractivity contribution is 8.01. The summed E-state index contributed by atoms with van der Waals surface area (Å²) in [5.74, 6) is -1.21. The number of carbonyl (C=O) groups is 2. The minimum atomic E-state index is -4.12. The van der Waals surface area contributed by atoms with Gasteiger partial charge < -0.3 is 5.11 Å². The van der Waals surface area contributed by atoms with Crippen molar-refractivity contribution in [3.05, 3.63) is 65.7 Å². The Hall–Kier alpha value is -2.16. The van der Waals surface area contributed by atoms with Crippen LogP contribution in [0.25, 0.3) is 0 Å². The largest absolute Gasteiger partial charge is 0.480 e. The molecule has 1 saturated heterocycles. The zero-order chi connectivity index (χ0) is 18.0. The van der Waals surface area contributed by atoms with Gasteiger partial charge in [-0.05, 0) is 11.6 Å². The Labute approximate surface area is 149 Å². The lowest BCUT2D eigenvalue weighted by atomic mass is 10.1. The molecule has 25 heavy (non-hydrogen) atoms. The van der Waals surface area contributed by atoms with Crippen LogP contribution in [-0.2, 0) is 14.8 Å². The van der Waals surface area contributed by atoms with E-state index in [1.165, 1.54) is 30.0 Å². The first-order valence-electron chi connectivity index (χ1n) is 7.42. The van der Waals surface area contributed by atoms with Gasteiger partial charge in [-0.2, -0.15) is 4.31 Å². The predicted molar refractivity (Wildman–Crippen MR) is 93.9 cm³/mol. The van der Waals surface area contributed by atoms with Crippen LogP contribution < -0.4 is 0 Å². The number of hydrogen-bond donors (Lipinski definition) is 1. The number of carboxylic acids is 1. The van der Waals surface area contributed by atoms with Gasteiger partial charge in [-0.1, -0.05) is 48.5 Å². The highest BCUT2D eigenvalue weighted by Gasteiger charge is 2.47. The van der Waals surface area contributed by atoms with E-state index in [9.17, 15) is 23.1 Å². The summed E-state index contributed by atoms with van der Waals surface area (Å²) in [5.41, 5.74) is 0.765. The summed E-state index contributed by atoms with van der Waals surface area (Å²) < 4.78 is 27.0. The molecule has 2 unspecified atom stereocenters. The van der Waals surface area contributed by atoms with Crippen LogP contribution in [0.4, 0.5) is 0 Å². The minimum absolute atomic E-state index is 0.00600. The van der Waals surface area contributed by atoms with Crippen molar-refractivity contribution in [2.75, 3.05) is 5.88 Å². The lowest BCUT2D eigenvalue weighted by Crippen LogP contribution is -2.42. The summed E-state index contributed by atoms with van der Waals surface area (Å²) in [5, 5.41) is 9.15. The normalized spacial score (nSPS) is 21.1. The van der Waals surface area contributed by atoms with Crippen LogP contribution in [0.15, 0.2) is 59.5 Å². The fourth-order valence-electron chi connectivity index (χ4n) is 2.81. The molecule has 2 atom stereocenters. The topological polar surface area (TPSA) is 91.8 Å². The lowest BCUT2D eigenvalue weighted by molar-refractivity contribution is -0.141. The van der Waals surface area contributed by atoms with Crippen LogP contribution >= 0.6 is 11.8 Å². The Balaban J connectivity index is 2.04. The van der Waals surface area contributed by atoms with Gasteiger partial charge in [0, 0.05) is 5.56 Å². The van der Waals surface area contributed by atoms with E-state index in [4.69, 9.17) is 0 Å². The van der Waals surface area contributed by atoms with Crippen LogP contribution in [0.5, 0.6) is 0 Å². The van der Waals surface area contributed by atoms with Gasteiger partial charge in [-0.15, -0.1) is 11.8 Å². The third-order valence-corrected chi connectivity index (χ3v) is 7.37. The predicted octanol–water partition coefficient (Wildman–Crippen LogP) is 2.39. The first-order valence-corrected chi connectivity index (χ1v) is 9.91. The molecular weight excluding hydrogens is 362 g/mol. The minimum Gasteiger partial charge on any atom is -0.480 e. The van der Waals surface area contributed by atoms with E-state index in [0.29, 0.717) is 6.29 Å². The van der Waals surface area contributed by atoms with Crippen molar-refractivity contribution < 1.29 is 23.1 Å². The number of aliphatic carboxylic acids is 1. The van der Waals surface area contributed by atoms with Crippen molar-refractivity contribution >= 4 is 34.0 Å². The quantitative estimate of drug-likeness (QED) is 0.805. The van der Waals surface area contributed by atoms with Crippen molar-refractivity contribution in [1.29, 1.82) is 0 Å². The standard InChI is InChI=1S/C17H15NO5S2/c19-10-13-8-4-5-9-14(13)25(22,23)18-11-24-16(15(18)17(20)21)12-6-2-1-3-7-12/h1-10,15-16H,11H2,(H,20,21). The highest BCUT2D eigenvalue weighted by atomic mass is 32.2. The summed E-state index contributed by atoms with van der Waals surface area (Å²) in [6, 6.07) is 13.5. The summed E-state index contributed by atoms with van der Waals surface area (Å²) in [4.78, 5) is 22.8. The fraction of sp³-hybridized carbons (Fsp3) is 0.176. The second-order valence-corrected chi connectivity index (χ2v) is 8.42. The molecule has 0 saturated carbocycles. The van der Waals surface area contributed by atoms with E-state index in [-0.39, 0.29) is 16.3 Å². The van der Waals surface area contributed by atoms with Crippen molar-refractivity contribution in [3.8, 4) is 0 Å². The highest BCUT2D eigenvalue weighted by Crippen LogP contribution is 2.44. The number of benzene rings is 2. The van der Waals surface area contributed by atoms with E-state index < -0.39 is 27.3 Å². The Morgan fingerprint density at radius 2 is 1.76 bits per heavy atom. The van der Waals surface area contributed by atoms with Gasteiger partial charge in [0.15, 0.2) is 6.29 Å². The van der Waals surface area contributed by atoms with E-state index in [1.54, 1.807) is 30.3 Å².